The Balaban J connectivity index is 1.70. The molecular formula is C23H27FN6O4. The van der Waals surface area contributed by atoms with Crippen LogP contribution in [0, 0.1) is 5.82 Å². The van der Waals surface area contributed by atoms with Crippen LogP contribution in [-0.4, -0.2) is 61.6 Å². The minimum absolute atomic E-state index is 0.00799. The summed E-state index contributed by atoms with van der Waals surface area (Å²) in [5.74, 6) is -1.21. The third-order valence-electron chi connectivity index (χ3n) is 5.08. The highest BCUT2D eigenvalue weighted by atomic mass is 19.1. The van der Waals surface area contributed by atoms with Crippen molar-refractivity contribution in [1.29, 1.82) is 0 Å². The Bertz CT molecular complexity index is 1080. The summed E-state index contributed by atoms with van der Waals surface area (Å²) < 4.78 is 20.2. The predicted molar refractivity (Wildman–Crippen MR) is 125 cm³/mol. The summed E-state index contributed by atoms with van der Waals surface area (Å²) in [6.07, 6.45) is 0.377. The Morgan fingerprint density at radius 1 is 1.29 bits per heavy atom. The van der Waals surface area contributed by atoms with Gasteiger partial charge >= 0.3 is 6.09 Å². The van der Waals surface area contributed by atoms with Crippen LogP contribution in [0.5, 0.6) is 0 Å². The van der Waals surface area contributed by atoms with Gasteiger partial charge in [0.1, 0.15) is 11.9 Å². The molecule has 2 aromatic rings. The number of primary amides is 1. The van der Waals surface area contributed by atoms with Crippen LogP contribution in [0.3, 0.4) is 0 Å². The molecule has 0 radical (unpaired) electrons. The number of ether oxygens (including phenoxy) is 1. The standard InChI is InChI=1S/C23H27FN6O4/c1-15(31)28-9-19-11-30(23(33)34-19)18-6-7-20(21(24)8-18)17-4-2-16(3-5-17)10-29(12-22(26)32)14-27-13-25/h2-8,14,19H,9-13,25H2,1H3,(H2,26,32)(H,28,31)/b27-14-/t19-/m0/s1. The summed E-state index contributed by atoms with van der Waals surface area (Å²) in [6, 6.07) is 11.7. The van der Waals surface area contributed by atoms with E-state index in [-0.39, 0.29) is 32.2 Å². The van der Waals surface area contributed by atoms with Gasteiger partial charge in [0, 0.05) is 19.0 Å². The van der Waals surface area contributed by atoms with Crippen molar-refractivity contribution in [2.75, 3.05) is 31.2 Å². The summed E-state index contributed by atoms with van der Waals surface area (Å²) in [5, 5.41) is 2.60. The molecule has 180 valence electrons. The zero-order valence-corrected chi connectivity index (χ0v) is 18.7. The highest BCUT2D eigenvalue weighted by Crippen LogP contribution is 2.29. The molecular weight excluding hydrogens is 443 g/mol. The maximum absolute atomic E-state index is 14.9. The van der Waals surface area contributed by atoms with Crippen LogP contribution >= 0.6 is 0 Å². The van der Waals surface area contributed by atoms with Crippen LogP contribution in [0.25, 0.3) is 11.1 Å². The SMILES string of the molecule is CC(=O)NC[C@H]1CN(c2ccc(-c3ccc(CN(/C=N\CN)CC(N)=O)cc3)c(F)c2)C(=O)O1. The average molecular weight is 471 g/mol. The molecule has 5 N–H and O–H groups in total. The maximum Gasteiger partial charge on any atom is 0.414 e. The fourth-order valence-electron chi connectivity index (χ4n) is 3.53. The Kier molecular flexibility index (Phi) is 8.14. The molecule has 1 heterocycles. The second-order valence-corrected chi connectivity index (χ2v) is 7.77. The van der Waals surface area contributed by atoms with E-state index in [4.69, 9.17) is 16.2 Å². The molecule has 34 heavy (non-hydrogen) atoms. The van der Waals surface area contributed by atoms with E-state index in [0.29, 0.717) is 23.4 Å². The van der Waals surface area contributed by atoms with Gasteiger partial charge in [-0.25, -0.2) is 9.18 Å². The van der Waals surface area contributed by atoms with Crippen LogP contribution in [0.1, 0.15) is 12.5 Å². The van der Waals surface area contributed by atoms with Gasteiger partial charge in [0.25, 0.3) is 0 Å². The van der Waals surface area contributed by atoms with Gasteiger partial charge < -0.3 is 26.4 Å². The molecule has 1 saturated heterocycles. The topological polar surface area (TPSA) is 143 Å². The normalized spacial score (nSPS) is 15.4. The second kappa shape index (κ2) is 11.2. The predicted octanol–water partition coefficient (Wildman–Crippen LogP) is 1.19. The average Bonchev–Trinajstić information content (AvgIpc) is 3.17. The fourth-order valence-corrected chi connectivity index (χ4v) is 3.53. The van der Waals surface area contributed by atoms with Crippen LogP contribution in [0.4, 0.5) is 14.9 Å². The summed E-state index contributed by atoms with van der Waals surface area (Å²) in [5.41, 5.74) is 12.9. The van der Waals surface area contributed by atoms with Gasteiger partial charge in [0.05, 0.1) is 38.3 Å². The summed E-state index contributed by atoms with van der Waals surface area (Å²) in [4.78, 5) is 41.4. The van der Waals surface area contributed by atoms with E-state index in [0.717, 1.165) is 5.56 Å². The van der Waals surface area contributed by atoms with Gasteiger partial charge in [-0.1, -0.05) is 24.3 Å². The minimum atomic E-state index is -0.592. The van der Waals surface area contributed by atoms with Crippen molar-refractivity contribution in [1.82, 2.24) is 10.2 Å². The van der Waals surface area contributed by atoms with E-state index in [2.05, 4.69) is 10.3 Å². The number of halogens is 1. The summed E-state index contributed by atoms with van der Waals surface area (Å²) in [7, 11) is 0. The number of carbonyl (C=O) groups excluding carboxylic acids is 3. The van der Waals surface area contributed by atoms with E-state index in [1.54, 1.807) is 29.2 Å². The number of nitrogens with two attached hydrogens (primary N) is 2. The largest absolute Gasteiger partial charge is 0.442 e. The van der Waals surface area contributed by atoms with E-state index < -0.39 is 23.9 Å². The second-order valence-electron chi connectivity index (χ2n) is 7.77. The minimum Gasteiger partial charge on any atom is -0.442 e. The first-order valence-corrected chi connectivity index (χ1v) is 10.6. The zero-order chi connectivity index (χ0) is 24.7. The quantitative estimate of drug-likeness (QED) is 0.352. The van der Waals surface area contributed by atoms with Gasteiger partial charge in [-0.2, -0.15) is 0 Å². The van der Waals surface area contributed by atoms with E-state index in [1.165, 1.54) is 24.2 Å². The van der Waals surface area contributed by atoms with E-state index >= 15 is 0 Å². The van der Waals surface area contributed by atoms with E-state index in [9.17, 15) is 18.8 Å². The summed E-state index contributed by atoms with van der Waals surface area (Å²) in [6.45, 7) is 2.25. The monoisotopic (exact) mass is 470 g/mol. The number of aliphatic imine (C=N–C) groups is 1. The van der Waals surface area contributed by atoms with Crippen molar-refractivity contribution in [2.24, 2.45) is 16.5 Å². The van der Waals surface area contributed by atoms with Crippen molar-refractivity contribution in [2.45, 2.75) is 19.6 Å². The molecule has 3 rings (SSSR count). The van der Waals surface area contributed by atoms with Gasteiger partial charge in [0.2, 0.25) is 11.8 Å². The highest BCUT2D eigenvalue weighted by Gasteiger charge is 2.32. The molecule has 0 bridgehead atoms. The van der Waals surface area contributed by atoms with Crippen molar-refractivity contribution in [3.8, 4) is 11.1 Å². The molecule has 0 saturated carbocycles. The number of benzene rings is 2. The van der Waals surface area contributed by atoms with E-state index in [1.807, 2.05) is 12.1 Å². The number of anilines is 1. The lowest BCUT2D eigenvalue weighted by molar-refractivity contribution is -0.119. The molecule has 1 aliphatic rings. The number of rotatable bonds is 10. The molecule has 0 spiro atoms. The maximum atomic E-state index is 14.9. The molecule has 1 atom stereocenters. The number of cyclic esters (lactones) is 1. The number of hydrogen-bond donors (Lipinski definition) is 3. The fraction of sp³-hybridized carbons (Fsp3) is 0.304. The molecule has 11 heteroatoms. The smallest absolute Gasteiger partial charge is 0.414 e. The Hall–Kier alpha value is -3.99. The van der Waals surface area contributed by atoms with Crippen LogP contribution in [-0.2, 0) is 20.9 Å². The third kappa shape index (κ3) is 6.51. The van der Waals surface area contributed by atoms with Crippen molar-refractivity contribution >= 4 is 29.9 Å². The van der Waals surface area contributed by atoms with Crippen molar-refractivity contribution < 1.29 is 23.5 Å². The zero-order valence-electron chi connectivity index (χ0n) is 18.7. The van der Waals surface area contributed by atoms with Crippen LogP contribution in [0.15, 0.2) is 47.5 Å². The lowest BCUT2D eigenvalue weighted by atomic mass is 10.0. The molecule has 1 aliphatic heterocycles. The number of hydrogen-bond acceptors (Lipinski definition) is 6. The van der Waals surface area contributed by atoms with Gasteiger partial charge in [0.15, 0.2) is 0 Å². The van der Waals surface area contributed by atoms with Crippen molar-refractivity contribution in [3.63, 3.8) is 0 Å². The lowest BCUT2D eigenvalue weighted by Gasteiger charge is -2.18. The third-order valence-corrected chi connectivity index (χ3v) is 5.08. The van der Waals surface area contributed by atoms with Gasteiger partial charge in [-0.3, -0.25) is 19.5 Å². The number of nitrogens with zero attached hydrogens (tertiary/aromatic N) is 3. The molecule has 0 aliphatic carbocycles. The first-order chi connectivity index (χ1) is 16.3. The Morgan fingerprint density at radius 3 is 2.65 bits per heavy atom. The van der Waals surface area contributed by atoms with Gasteiger partial charge in [-0.15, -0.1) is 0 Å². The first kappa shape index (κ1) is 24.6. The van der Waals surface area contributed by atoms with Gasteiger partial charge in [-0.05, 0) is 29.3 Å². The molecule has 2 aromatic carbocycles. The molecule has 0 unspecified atom stereocenters. The molecule has 1 fully saturated rings. The Morgan fingerprint density at radius 2 is 2.03 bits per heavy atom. The van der Waals surface area contributed by atoms with Crippen LogP contribution in [0.2, 0.25) is 0 Å². The molecule has 3 amide bonds. The lowest BCUT2D eigenvalue weighted by Crippen LogP contribution is -2.33. The molecule has 10 nitrogen and oxygen atoms in total. The van der Waals surface area contributed by atoms with Crippen LogP contribution < -0.4 is 21.7 Å². The number of amides is 3. The number of carbonyl (C=O) groups is 3. The van der Waals surface area contributed by atoms with Crippen molar-refractivity contribution in [3.05, 3.63) is 53.8 Å². The summed E-state index contributed by atoms with van der Waals surface area (Å²) >= 11 is 0. The Labute approximate surface area is 196 Å². The first-order valence-electron chi connectivity index (χ1n) is 10.6. The number of nitrogens with one attached hydrogen (secondary N) is 1. The molecule has 0 aromatic heterocycles. The highest BCUT2D eigenvalue weighted by molar-refractivity contribution is 5.90.